The lowest BCUT2D eigenvalue weighted by Gasteiger charge is -2.16. The number of rotatable bonds is 8. The molecule has 0 atom stereocenters. The highest BCUT2D eigenvalue weighted by Gasteiger charge is 2.13. The van der Waals surface area contributed by atoms with Gasteiger partial charge in [-0.1, -0.05) is 25.7 Å². The Morgan fingerprint density at radius 3 is 2.65 bits per heavy atom. The first-order valence-corrected chi connectivity index (χ1v) is 14.2. The van der Waals surface area contributed by atoms with E-state index in [1.54, 1.807) is 12.4 Å². The summed E-state index contributed by atoms with van der Waals surface area (Å²) in [6.45, 7) is 10.2. The molecule has 0 radical (unpaired) electrons. The summed E-state index contributed by atoms with van der Waals surface area (Å²) in [6, 6.07) is 16.9. The zero-order chi connectivity index (χ0) is 21.8. The van der Waals surface area contributed by atoms with E-state index in [4.69, 9.17) is 9.47 Å². The second-order valence-electron chi connectivity index (χ2n) is 8.86. The van der Waals surface area contributed by atoms with Gasteiger partial charge >= 0.3 is 0 Å². The topological polar surface area (TPSA) is 62.1 Å². The summed E-state index contributed by atoms with van der Waals surface area (Å²) in [4.78, 5) is 9.00. The van der Waals surface area contributed by atoms with Gasteiger partial charge in [0.1, 0.15) is 12.5 Å². The van der Waals surface area contributed by atoms with Crippen molar-refractivity contribution < 1.29 is 9.47 Å². The van der Waals surface area contributed by atoms with E-state index in [-0.39, 0.29) is 0 Å². The Bertz CT molecular complexity index is 1170. The molecule has 3 aromatic heterocycles. The van der Waals surface area contributed by atoms with Crippen LogP contribution in [0, 0.1) is 6.92 Å². The number of pyridine rings is 2. The molecular weight excluding hydrogens is 404 g/mol. The predicted molar refractivity (Wildman–Crippen MR) is 126 cm³/mol. The smallest absolute Gasteiger partial charge is 0.219 e. The first-order chi connectivity index (χ1) is 14.9. The summed E-state index contributed by atoms with van der Waals surface area (Å²) in [5.41, 5.74) is 3.89. The van der Waals surface area contributed by atoms with Crippen molar-refractivity contribution in [2.24, 2.45) is 0 Å². The molecule has 0 amide bonds. The van der Waals surface area contributed by atoms with Crippen LogP contribution in [0.2, 0.25) is 25.7 Å². The van der Waals surface area contributed by atoms with Gasteiger partial charge in [0.05, 0.1) is 11.2 Å². The Hall–Kier alpha value is -3.03. The summed E-state index contributed by atoms with van der Waals surface area (Å²) < 4.78 is 13.7. The van der Waals surface area contributed by atoms with Gasteiger partial charge in [0, 0.05) is 49.8 Å². The fourth-order valence-corrected chi connectivity index (χ4v) is 3.95. The van der Waals surface area contributed by atoms with Crippen LogP contribution < -0.4 is 4.74 Å². The molecule has 0 aliphatic heterocycles. The van der Waals surface area contributed by atoms with Gasteiger partial charge in [-0.15, -0.1) is 0 Å². The van der Waals surface area contributed by atoms with Crippen molar-refractivity contribution in [1.29, 1.82) is 0 Å². The van der Waals surface area contributed by atoms with E-state index in [1.807, 2.05) is 60.1 Å². The van der Waals surface area contributed by atoms with Crippen LogP contribution in [0.25, 0.3) is 22.2 Å². The van der Waals surface area contributed by atoms with Crippen molar-refractivity contribution in [3.8, 4) is 22.9 Å². The average Bonchev–Trinajstić information content (AvgIpc) is 3.20. The van der Waals surface area contributed by atoms with Crippen molar-refractivity contribution in [3.63, 3.8) is 0 Å². The monoisotopic (exact) mass is 432 g/mol. The van der Waals surface area contributed by atoms with Gasteiger partial charge in [-0.3, -0.25) is 4.98 Å². The maximum absolute atomic E-state index is 5.95. The van der Waals surface area contributed by atoms with Gasteiger partial charge in [-0.2, -0.15) is 5.10 Å². The summed E-state index contributed by atoms with van der Waals surface area (Å²) >= 11 is 0. The third-order valence-corrected chi connectivity index (χ3v) is 6.69. The maximum atomic E-state index is 5.95. The van der Waals surface area contributed by atoms with Gasteiger partial charge in [-0.05, 0) is 49.4 Å². The lowest BCUT2D eigenvalue weighted by Crippen LogP contribution is -2.22. The normalized spacial score (nSPS) is 11.7. The second kappa shape index (κ2) is 8.99. The van der Waals surface area contributed by atoms with Crippen LogP contribution in [-0.2, 0) is 11.5 Å². The van der Waals surface area contributed by atoms with Crippen LogP contribution in [0.5, 0.6) is 11.6 Å². The third kappa shape index (κ3) is 5.56. The Morgan fingerprint density at radius 1 is 1.00 bits per heavy atom. The fourth-order valence-electron chi connectivity index (χ4n) is 3.19. The Kier molecular flexibility index (Phi) is 6.15. The van der Waals surface area contributed by atoms with Crippen LogP contribution in [0.4, 0.5) is 0 Å². The van der Waals surface area contributed by atoms with E-state index in [2.05, 4.69) is 34.7 Å². The molecular formula is C24H28N4O2Si. The van der Waals surface area contributed by atoms with Crippen molar-refractivity contribution in [3.05, 3.63) is 66.6 Å². The number of fused-ring (bicyclic) bond motifs is 1. The highest BCUT2D eigenvalue weighted by molar-refractivity contribution is 6.76. The number of benzene rings is 1. The molecule has 0 aliphatic carbocycles. The molecule has 1 aromatic carbocycles. The molecule has 160 valence electrons. The van der Waals surface area contributed by atoms with Gasteiger partial charge in [0.15, 0.2) is 0 Å². The molecule has 0 unspecified atom stereocenters. The largest absolute Gasteiger partial charge is 0.439 e. The average molecular weight is 433 g/mol. The predicted octanol–water partition coefficient (Wildman–Crippen LogP) is 5.91. The number of ether oxygens (including phenoxy) is 2. The molecule has 4 rings (SSSR count). The molecule has 0 saturated carbocycles. The Balaban J connectivity index is 1.42. The van der Waals surface area contributed by atoms with Crippen molar-refractivity contribution in [2.75, 3.05) is 6.61 Å². The third-order valence-electron chi connectivity index (χ3n) is 4.98. The van der Waals surface area contributed by atoms with Gasteiger partial charge < -0.3 is 9.47 Å². The lowest BCUT2D eigenvalue weighted by atomic mass is 10.2. The van der Waals surface area contributed by atoms with Crippen molar-refractivity contribution >= 4 is 19.0 Å². The summed E-state index contributed by atoms with van der Waals surface area (Å²) in [6.07, 6.45) is 3.59. The molecule has 3 heterocycles. The van der Waals surface area contributed by atoms with Crippen LogP contribution in [0.1, 0.15) is 5.69 Å². The lowest BCUT2D eigenvalue weighted by molar-refractivity contribution is 0.0798. The highest BCUT2D eigenvalue weighted by Crippen LogP contribution is 2.26. The SMILES string of the molecule is Cc1ccc2cc(Oc3ccc(-c4ccnn4COCC[Si](C)(C)C)cn3)ccc2n1. The van der Waals surface area contributed by atoms with E-state index in [0.717, 1.165) is 46.3 Å². The summed E-state index contributed by atoms with van der Waals surface area (Å²) in [5, 5.41) is 5.43. The zero-order valence-electron chi connectivity index (χ0n) is 18.5. The van der Waals surface area contributed by atoms with E-state index >= 15 is 0 Å². The summed E-state index contributed by atoms with van der Waals surface area (Å²) in [5.74, 6) is 1.28. The molecule has 0 N–H and O–H groups in total. The minimum Gasteiger partial charge on any atom is -0.439 e. The molecule has 0 spiro atoms. The summed E-state index contributed by atoms with van der Waals surface area (Å²) in [7, 11) is -1.10. The number of hydrogen-bond donors (Lipinski definition) is 0. The van der Waals surface area contributed by atoms with E-state index in [1.165, 1.54) is 0 Å². The standard InChI is InChI=1S/C24H28N4O2Si/c1-18-5-6-19-15-21(8-9-22(19)27-18)30-24-10-7-20(16-25-24)23-11-12-26-28(23)17-29-13-14-31(2,3)4/h5-12,15-16H,13-14,17H2,1-4H3. The molecule has 6 nitrogen and oxygen atoms in total. The number of hydrogen-bond acceptors (Lipinski definition) is 5. The van der Waals surface area contributed by atoms with Gasteiger partial charge in [0.25, 0.3) is 0 Å². The van der Waals surface area contributed by atoms with E-state index in [9.17, 15) is 0 Å². The highest BCUT2D eigenvalue weighted by atomic mass is 28.3. The van der Waals surface area contributed by atoms with Crippen LogP contribution in [-0.4, -0.2) is 34.4 Å². The number of aryl methyl sites for hydroxylation is 1. The van der Waals surface area contributed by atoms with Crippen molar-refractivity contribution in [1.82, 2.24) is 19.7 Å². The van der Waals surface area contributed by atoms with Crippen LogP contribution in [0.3, 0.4) is 0 Å². The zero-order valence-corrected chi connectivity index (χ0v) is 19.5. The minimum absolute atomic E-state index is 0.440. The Labute approximate surface area is 183 Å². The number of aromatic nitrogens is 4. The van der Waals surface area contributed by atoms with Gasteiger partial charge in [-0.25, -0.2) is 9.67 Å². The van der Waals surface area contributed by atoms with Gasteiger partial charge in [0.2, 0.25) is 5.88 Å². The molecule has 0 saturated heterocycles. The molecule has 0 fully saturated rings. The number of nitrogens with zero attached hydrogens (tertiary/aromatic N) is 4. The molecule has 0 bridgehead atoms. The molecule has 31 heavy (non-hydrogen) atoms. The molecule has 7 heteroatoms. The maximum Gasteiger partial charge on any atom is 0.219 e. The van der Waals surface area contributed by atoms with E-state index in [0.29, 0.717) is 12.6 Å². The second-order valence-corrected chi connectivity index (χ2v) is 14.5. The quantitative estimate of drug-likeness (QED) is 0.256. The minimum atomic E-state index is -1.10. The van der Waals surface area contributed by atoms with Crippen LogP contribution in [0.15, 0.2) is 60.9 Å². The first-order valence-electron chi connectivity index (χ1n) is 10.5. The van der Waals surface area contributed by atoms with Crippen LogP contribution >= 0.6 is 0 Å². The fraction of sp³-hybridized carbons (Fsp3) is 0.292. The Morgan fingerprint density at radius 2 is 1.87 bits per heavy atom. The molecule has 4 aromatic rings. The first kappa shape index (κ1) is 21.2. The van der Waals surface area contributed by atoms with E-state index < -0.39 is 8.07 Å². The molecule has 0 aliphatic rings. The van der Waals surface area contributed by atoms with Crippen molar-refractivity contribution in [2.45, 2.75) is 39.3 Å².